The van der Waals surface area contributed by atoms with Crippen molar-refractivity contribution in [1.82, 2.24) is 5.32 Å². The van der Waals surface area contributed by atoms with Crippen LogP contribution in [-0.4, -0.2) is 26.8 Å². The highest BCUT2D eigenvalue weighted by Gasteiger charge is 2.39. The fraction of sp³-hybridized carbons (Fsp3) is 0.571. The van der Waals surface area contributed by atoms with Crippen molar-refractivity contribution in [2.45, 2.75) is 42.4 Å². The Morgan fingerprint density at radius 1 is 1.25 bits per heavy atom. The Kier molecular flexibility index (Phi) is 5.00. The molecule has 1 N–H and O–H groups in total. The quantitative estimate of drug-likeness (QED) is 0.918. The normalized spacial score (nSPS) is 27.5. The van der Waals surface area contributed by atoms with Gasteiger partial charge in [0, 0.05) is 11.1 Å². The van der Waals surface area contributed by atoms with E-state index in [1.165, 1.54) is 12.1 Å². The molecule has 3 nitrogen and oxygen atoms in total. The maximum Gasteiger partial charge on any atom is 0.184 e. The third-order valence-corrected chi connectivity index (χ3v) is 6.97. The molecule has 3 atom stereocenters. The van der Waals surface area contributed by atoms with Gasteiger partial charge in [-0.3, -0.25) is 0 Å². The monoisotopic (exact) mass is 335 g/mol. The van der Waals surface area contributed by atoms with E-state index in [0.29, 0.717) is 17.4 Å². The Labute approximate surface area is 130 Å². The number of hydrogen-bond acceptors (Lipinski definition) is 3. The van der Waals surface area contributed by atoms with Crippen LogP contribution in [0.5, 0.6) is 0 Å². The van der Waals surface area contributed by atoms with Gasteiger partial charge in [0.05, 0.1) is 15.2 Å². The van der Waals surface area contributed by atoms with E-state index in [-0.39, 0.29) is 16.0 Å². The van der Waals surface area contributed by atoms with Gasteiger partial charge >= 0.3 is 0 Å². The Bertz CT molecular complexity index is 589. The zero-order chi connectivity index (χ0) is 14.9. The summed E-state index contributed by atoms with van der Waals surface area (Å²) in [4.78, 5) is 0.144. The van der Waals surface area contributed by atoms with E-state index in [0.717, 1.165) is 12.8 Å². The summed E-state index contributed by atoms with van der Waals surface area (Å²) in [5, 5.41) is 3.30. The largest absolute Gasteiger partial charge is 0.316 e. The van der Waals surface area contributed by atoms with Crippen LogP contribution in [0, 0.1) is 5.92 Å². The van der Waals surface area contributed by atoms with Crippen molar-refractivity contribution in [1.29, 1.82) is 0 Å². The first kappa shape index (κ1) is 16.1. The highest BCUT2D eigenvalue weighted by atomic mass is 35.5. The van der Waals surface area contributed by atoms with E-state index >= 15 is 0 Å². The van der Waals surface area contributed by atoms with Gasteiger partial charge in [-0.05, 0) is 50.4 Å². The number of sulfone groups is 1. The lowest BCUT2D eigenvalue weighted by Crippen LogP contribution is -2.46. The molecule has 1 fully saturated rings. The second-order valence-corrected chi connectivity index (χ2v) is 8.45. The number of rotatable bonds is 3. The molecule has 2 rings (SSSR count). The molecule has 1 aromatic rings. The second-order valence-electron chi connectivity index (χ2n) is 5.47. The molecule has 1 aromatic carbocycles. The smallest absolute Gasteiger partial charge is 0.184 e. The highest BCUT2D eigenvalue weighted by molar-refractivity contribution is 7.92. The average Bonchev–Trinajstić information content (AvgIpc) is 2.41. The van der Waals surface area contributed by atoms with Crippen LogP contribution in [0.15, 0.2) is 23.1 Å². The van der Waals surface area contributed by atoms with Gasteiger partial charge in [0.1, 0.15) is 0 Å². The van der Waals surface area contributed by atoms with Gasteiger partial charge in [-0.1, -0.05) is 30.1 Å². The van der Waals surface area contributed by atoms with Gasteiger partial charge in [-0.2, -0.15) is 0 Å². The lowest BCUT2D eigenvalue weighted by atomic mass is 9.87. The standard InChI is InChI=1S/C14H19Cl2NO2S/c1-9-3-6-12(17-2)14(7-9)20(18,19)13-8-10(15)4-5-11(13)16/h4-5,8-9,12,14,17H,3,6-7H2,1-2H3. The highest BCUT2D eigenvalue weighted by Crippen LogP contribution is 2.35. The van der Waals surface area contributed by atoms with Crippen molar-refractivity contribution >= 4 is 33.0 Å². The minimum atomic E-state index is -3.49. The number of nitrogens with one attached hydrogen (secondary N) is 1. The summed E-state index contributed by atoms with van der Waals surface area (Å²) < 4.78 is 25.8. The first-order valence-electron chi connectivity index (χ1n) is 6.72. The zero-order valence-corrected chi connectivity index (χ0v) is 13.9. The molecule has 0 heterocycles. The summed E-state index contributed by atoms with van der Waals surface area (Å²) >= 11 is 12.0. The zero-order valence-electron chi connectivity index (χ0n) is 11.6. The predicted octanol–water partition coefficient (Wildman–Crippen LogP) is 3.54. The molecule has 0 saturated heterocycles. The third kappa shape index (κ3) is 3.14. The fourth-order valence-electron chi connectivity index (χ4n) is 2.86. The van der Waals surface area contributed by atoms with E-state index in [4.69, 9.17) is 23.2 Å². The molecule has 20 heavy (non-hydrogen) atoms. The van der Waals surface area contributed by atoms with Crippen molar-refractivity contribution in [3.63, 3.8) is 0 Å². The molecule has 1 aliphatic carbocycles. The molecular formula is C14H19Cl2NO2S. The predicted molar refractivity (Wildman–Crippen MR) is 83.3 cm³/mol. The average molecular weight is 336 g/mol. The maximum atomic E-state index is 12.9. The molecular weight excluding hydrogens is 317 g/mol. The van der Waals surface area contributed by atoms with Gasteiger partial charge in [-0.15, -0.1) is 0 Å². The molecule has 0 spiro atoms. The van der Waals surface area contributed by atoms with Crippen molar-refractivity contribution in [2.24, 2.45) is 5.92 Å². The SMILES string of the molecule is CNC1CCC(C)CC1S(=O)(=O)c1cc(Cl)ccc1Cl. The van der Waals surface area contributed by atoms with E-state index in [1.807, 2.05) is 7.05 Å². The van der Waals surface area contributed by atoms with Crippen molar-refractivity contribution < 1.29 is 8.42 Å². The molecule has 0 radical (unpaired) electrons. The van der Waals surface area contributed by atoms with Crippen LogP contribution in [0.2, 0.25) is 10.0 Å². The minimum Gasteiger partial charge on any atom is -0.316 e. The van der Waals surface area contributed by atoms with E-state index in [2.05, 4.69) is 12.2 Å². The number of hydrogen-bond donors (Lipinski definition) is 1. The second kappa shape index (κ2) is 6.22. The van der Waals surface area contributed by atoms with E-state index in [9.17, 15) is 8.42 Å². The van der Waals surface area contributed by atoms with Crippen molar-refractivity contribution in [2.75, 3.05) is 7.05 Å². The molecule has 6 heteroatoms. The van der Waals surface area contributed by atoms with Gasteiger partial charge in [0.15, 0.2) is 9.84 Å². The molecule has 0 amide bonds. The first-order chi connectivity index (χ1) is 9.36. The Hall–Kier alpha value is -0.290. The summed E-state index contributed by atoms with van der Waals surface area (Å²) in [7, 11) is -1.68. The van der Waals surface area contributed by atoms with Gasteiger partial charge in [0.25, 0.3) is 0 Å². The summed E-state index contributed by atoms with van der Waals surface area (Å²) in [5.41, 5.74) is 0. The van der Waals surface area contributed by atoms with Gasteiger partial charge < -0.3 is 5.32 Å². The molecule has 3 unspecified atom stereocenters. The van der Waals surface area contributed by atoms with Crippen LogP contribution in [0.1, 0.15) is 26.2 Å². The van der Waals surface area contributed by atoms with Crippen LogP contribution in [-0.2, 0) is 9.84 Å². The van der Waals surface area contributed by atoms with Crippen LogP contribution >= 0.6 is 23.2 Å². The maximum absolute atomic E-state index is 12.9. The topological polar surface area (TPSA) is 46.2 Å². The van der Waals surface area contributed by atoms with E-state index in [1.54, 1.807) is 6.07 Å². The molecule has 112 valence electrons. The molecule has 1 saturated carbocycles. The lowest BCUT2D eigenvalue weighted by molar-refractivity contribution is 0.319. The minimum absolute atomic E-state index is 0.0359. The Balaban J connectivity index is 2.44. The Morgan fingerprint density at radius 2 is 1.95 bits per heavy atom. The summed E-state index contributed by atoms with van der Waals surface area (Å²) in [6, 6.07) is 4.55. The summed E-state index contributed by atoms with van der Waals surface area (Å²) in [6.45, 7) is 2.09. The molecule has 0 aliphatic heterocycles. The molecule has 1 aliphatic rings. The van der Waals surface area contributed by atoms with E-state index < -0.39 is 15.1 Å². The number of benzene rings is 1. The van der Waals surface area contributed by atoms with Gasteiger partial charge in [-0.25, -0.2) is 8.42 Å². The van der Waals surface area contributed by atoms with Crippen LogP contribution < -0.4 is 5.32 Å². The van der Waals surface area contributed by atoms with Crippen LogP contribution in [0.3, 0.4) is 0 Å². The summed E-state index contributed by atoms with van der Waals surface area (Å²) in [5.74, 6) is 0.400. The summed E-state index contributed by atoms with van der Waals surface area (Å²) in [6.07, 6.45) is 2.55. The Morgan fingerprint density at radius 3 is 2.60 bits per heavy atom. The lowest BCUT2D eigenvalue weighted by Gasteiger charge is -2.34. The van der Waals surface area contributed by atoms with Crippen LogP contribution in [0.4, 0.5) is 0 Å². The number of halogens is 2. The molecule has 0 bridgehead atoms. The third-order valence-electron chi connectivity index (χ3n) is 4.02. The van der Waals surface area contributed by atoms with Crippen molar-refractivity contribution in [3.05, 3.63) is 28.2 Å². The van der Waals surface area contributed by atoms with Gasteiger partial charge in [0.2, 0.25) is 0 Å². The first-order valence-corrected chi connectivity index (χ1v) is 9.02. The van der Waals surface area contributed by atoms with Crippen molar-refractivity contribution in [3.8, 4) is 0 Å². The fourth-order valence-corrected chi connectivity index (χ4v) is 5.78. The van der Waals surface area contributed by atoms with Crippen LogP contribution in [0.25, 0.3) is 0 Å². The molecule has 0 aromatic heterocycles.